The molecule has 3 N–H and O–H groups in total. The number of aryl methyl sites for hydroxylation is 2. The molecule has 1 unspecified atom stereocenters. The van der Waals surface area contributed by atoms with Crippen LogP contribution in [0.2, 0.25) is 5.02 Å². The molecule has 0 aromatic heterocycles. The van der Waals surface area contributed by atoms with Gasteiger partial charge in [0, 0.05) is 26.9 Å². The molecule has 0 heterocycles. The number of rotatable bonds is 9. The molecule has 0 aliphatic heterocycles. The number of anilines is 2. The fraction of sp³-hybridized carbons (Fsp3) is 0.121. The number of carbonyl (C=O) groups is 3. The molecule has 4 aromatic rings. The molecular formula is C33H30ClN3O3S. The monoisotopic (exact) mass is 583 g/mol. The van der Waals surface area contributed by atoms with Gasteiger partial charge in [-0.15, -0.1) is 11.8 Å². The molecule has 0 saturated heterocycles. The zero-order valence-corrected chi connectivity index (χ0v) is 24.5. The minimum absolute atomic E-state index is 0.0335. The number of hydrogen-bond donors (Lipinski definition) is 3. The number of amides is 3. The molecule has 3 amide bonds. The smallest absolute Gasteiger partial charge is 0.272 e. The van der Waals surface area contributed by atoms with Crippen molar-refractivity contribution in [3.05, 3.63) is 130 Å². The summed E-state index contributed by atoms with van der Waals surface area (Å²) in [5, 5.41) is 8.59. The van der Waals surface area contributed by atoms with Crippen LogP contribution in [0, 0.1) is 13.8 Å². The minimum atomic E-state index is -0.517. The van der Waals surface area contributed by atoms with E-state index in [4.69, 9.17) is 11.6 Å². The van der Waals surface area contributed by atoms with Gasteiger partial charge in [0.05, 0.1) is 5.25 Å². The van der Waals surface area contributed by atoms with Crippen LogP contribution in [0.15, 0.2) is 108 Å². The number of nitrogens with one attached hydrogen (secondary N) is 3. The SMILES string of the molecule is Cc1ccc(NC(=O)C(C)Sc2cccc(NC(=O)/C(=C\c3ccccc3Cl)NC(=O)c3ccccc3)c2)cc1C. The normalized spacial score (nSPS) is 11.9. The van der Waals surface area contributed by atoms with E-state index < -0.39 is 11.8 Å². The van der Waals surface area contributed by atoms with Crippen molar-refractivity contribution in [2.45, 2.75) is 30.9 Å². The summed E-state index contributed by atoms with van der Waals surface area (Å²) in [5.41, 5.74) is 4.56. The summed E-state index contributed by atoms with van der Waals surface area (Å²) in [4.78, 5) is 39.9. The van der Waals surface area contributed by atoms with Gasteiger partial charge in [-0.05, 0) is 92.1 Å². The second-order valence-electron chi connectivity index (χ2n) is 9.43. The predicted molar refractivity (Wildman–Crippen MR) is 168 cm³/mol. The lowest BCUT2D eigenvalue weighted by Crippen LogP contribution is -2.30. The molecular weight excluding hydrogens is 554 g/mol. The number of halogens is 1. The van der Waals surface area contributed by atoms with Gasteiger partial charge >= 0.3 is 0 Å². The topological polar surface area (TPSA) is 87.3 Å². The van der Waals surface area contributed by atoms with Crippen molar-refractivity contribution in [1.29, 1.82) is 0 Å². The lowest BCUT2D eigenvalue weighted by molar-refractivity contribution is -0.115. The number of carbonyl (C=O) groups excluding carboxylic acids is 3. The van der Waals surface area contributed by atoms with Gasteiger partial charge in [-0.3, -0.25) is 14.4 Å². The molecule has 0 saturated carbocycles. The third-order valence-electron chi connectivity index (χ3n) is 6.28. The molecule has 1 atom stereocenters. The standard InChI is InChI=1S/C33H30ClN3O3S/c1-21-16-17-27(18-22(21)2)35-31(38)23(3)41-28-14-9-13-26(20-28)36-33(40)30(19-25-12-7-8-15-29(25)34)37-32(39)24-10-5-4-6-11-24/h4-20,23H,1-3H3,(H,35,38)(H,36,40)(H,37,39)/b30-19+. The van der Waals surface area contributed by atoms with E-state index in [1.54, 1.807) is 66.7 Å². The zero-order valence-electron chi connectivity index (χ0n) is 22.9. The van der Waals surface area contributed by atoms with Crippen LogP contribution >= 0.6 is 23.4 Å². The first-order chi connectivity index (χ1) is 19.7. The molecule has 0 aliphatic rings. The van der Waals surface area contributed by atoms with Crippen LogP contribution < -0.4 is 16.0 Å². The zero-order chi connectivity index (χ0) is 29.4. The first-order valence-electron chi connectivity index (χ1n) is 13.0. The van der Waals surface area contributed by atoms with Gasteiger partial charge in [-0.1, -0.05) is 60.1 Å². The quantitative estimate of drug-likeness (QED) is 0.141. The molecule has 0 fully saturated rings. The number of hydrogen-bond acceptors (Lipinski definition) is 4. The van der Waals surface area contributed by atoms with E-state index in [0.29, 0.717) is 21.8 Å². The molecule has 8 heteroatoms. The maximum atomic E-state index is 13.4. The Morgan fingerprint density at radius 2 is 1.49 bits per heavy atom. The van der Waals surface area contributed by atoms with Crippen molar-refractivity contribution in [2.24, 2.45) is 0 Å². The van der Waals surface area contributed by atoms with Gasteiger partial charge in [0.25, 0.3) is 11.8 Å². The Balaban J connectivity index is 1.48. The Labute approximate surface area is 249 Å². The van der Waals surface area contributed by atoms with E-state index in [-0.39, 0.29) is 16.9 Å². The largest absolute Gasteiger partial charge is 0.325 e. The van der Waals surface area contributed by atoms with Crippen LogP contribution in [0.25, 0.3) is 6.08 Å². The lowest BCUT2D eigenvalue weighted by Gasteiger charge is -2.15. The van der Waals surface area contributed by atoms with E-state index in [9.17, 15) is 14.4 Å². The highest BCUT2D eigenvalue weighted by Crippen LogP contribution is 2.27. The summed E-state index contributed by atoms with van der Waals surface area (Å²) in [6, 6.07) is 28.7. The van der Waals surface area contributed by atoms with Crippen LogP contribution in [0.1, 0.15) is 34.0 Å². The molecule has 0 spiro atoms. The van der Waals surface area contributed by atoms with E-state index >= 15 is 0 Å². The Hall–Kier alpha value is -4.33. The van der Waals surface area contributed by atoms with Crippen molar-refractivity contribution in [3.63, 3.8) is 0 Å². The first-order valence-corrected chi connectivity index (χ1v) is 14.2. The van der Waals surface area contributed by atoms with Crippen molar-refractivity contribution in [3.8, 4) is 0 Å². The van der Waals surface area contributed by atoms with Crippen LogP contribution in [0.5, 0.6) is 0 Å². The van der Waals surface area contributed by atoms with Crippen molar-refractivity contribution >= 4 is 58.5 Å². The lowest BCUT2D eigenvalue weighted by atomic mass is 10.1. The summed E-state index contributed by atoms with van der Waals surface area (Å²) in [6.45, 7) is 5.86. The summed E-state index contributed by atoms with van der Waals surface area (Å²) in [5.74, 6) is -1.06. The summed E-state index contributed by atoms with van der Waals surface area (Å²) in [6.07, 6.45) is 1.54. The second-order valence-corrected chi connectivity index (χ2v) is 11.3. The summed E-state index contributed by atoms with van der Waals surface area (Å²) >= 11 is 7.70. The minimum Gasteiger partial charge on any atom is -0.325 e. The average molecular weight is 584 g/mol. The maximum absolute atomic E-state index is 13.4. The van der Waals surface area contributed by atoms with E-state index in [1.165, 1.54) is 17.8 Å². The van der Waals surface area contributed by atoms with Gasteiger partial charge in [-0.2, -0.15) is 0 Å². The van der Waals surface area contributed by atoms with E-state index in [0.717, 1.165) is 21.7 Å². The highest BCUT2D eigenvalue weighted by Gasteiger charge is 2.18. The van der Waals surface area contributed by atoms with E-state index in [1.807, 2.05) is 51.1 Å². The molecule has 4 aromatic carbocycles. The molecule has 41 heavy (non-hydrogen) atoms. The number of benzene rings is 4. The molecule has 0 radical (unpaired) electrons. The predicted octanol–water partition coefficient (Wildman–Crippen LogP) is 7.49. The van der Waals surface area contributed by atoms with Crippen molar-refractivity contribution in [2.75, 3.05) is 10.6 Å². The molecule has 0 aliphatic carbocycles. The van der Waals surface area contributed by atoms with E-state index in [2.05, 4.69) is 16.0 Å². The van der Waals surface area contributed by atoms with Crippen molar-refractivity contribution in [1.82, 2.24) is 5.32 Å². The highest BCUT2D eigenvalue weighted by molar-refractivity contribution is 8.00. The fourth-order valence-corrected chi connectivity index (χ4v) is 4.97. The van der Waals surface area contributed by atoms with Gasteiger partial charge < -0.3 is 16.0 Å². The fourth-order valence-electron chi connectivity index (χ4n) is 3.86. The Kier molecular flexibility index (Phi) is 10.0. The van der Waals surface area contributed by atoms with Crippen molar-refractivity contribution < 1.29 is 14.4 Å². The number of thioether (sulfide) groups is 1. The first kappa shape index (κ1) is 29.6. The van der Waals surface area contributed by atoms with Crippen LogP contribution in [-0.2, 0) is 9.59 Å². The third-order valence-corrected chi connectivity index (χ3v) is 7.72. The van der Waals surface area contributed by atoms with Gasteiger partial charge in [0.2, 0.25) is 5.91 Å². The van der Waals surface area contributed by atoms with Gasteiger partial charge in [0.15, 0.2) is 0 Å². The third kappa shape index (κ3) is 8.33. The van der Waals surface area contributed by atoms with Crippen LogP contribution in [0.4, 0.5) is 11.4 Å². The molecule has 4 rings (SSSR count). The second kappa shape index (κ2) is 13.8. The average Bonchev–Trinajstić information content (AvgIpc) is 2.96. The van der Waals surface area contributed by atoms with Crippen LogP contribution in [-0.4, -0.2) is 23.0 Å². The Morgan fingerprint density at radius 1 is 0.780 bits per heavy atom. The Morgan fingerprint density at radius 3 is 2.22 bits per heavy atom. The molecule has 208 valence electrons. The molecule has 0 bridgehead atoms. The Bertz CT molecular complexity index is 1600. The highest BCUT2D eigenvalue weighted by atomic mass is 35.5. The maximum Gasteiger partial charge on any atom is 0.272 e. The van der Waals surface area contributed by atoms with Gasteiger partial charge in [-0.25, -0.2) is 0 Å². The van der Waals surface area contributed by atoms with Gasteiger partial charge in [0.1, 0.15) is 5.70 Å². The van der Waals surface area contributed by atoms with Crippen LogP contribution in [0.3, 0.4) is 0 Å². The molecule has 6 nitrogen and oxygen atoms in total. The summed E-state index contributed by atoms with van der Waals surface area (Å²) in [7, 11) is 0. The summed E-state index contributed by atoms with van der Waals surface area (Å²) < 4.78 is 0.